The van der Waals surface area contributed by atoms with Crippen molar-refractivity contribution in [2.75, 3.05) is 6.61 Å². The summed E-state index contributed by atoms with van der Waals surface area (Å²) < 4.78 is 11.3. The van der Waals surface area contributed by atoms with Crippen LogP contribution in [0.1, 0.15) is 79.6 Å². The topological polar surface area (TPSA) is 59.1 Å². The van der Waals surface area contributed by atoms with E-state index >= 15 is 0 Å². The minimum absolute atomic E-state index is 0.0508. The van der Waals surface area contributed by atoms with Gasteiger partial charge in [-0.15, -0.1) is 0 Å². The summed E-state index contributed by atoms with van der Waals surface area (Å²) in [5.41, 5.74) is 0.633. The normalized spacial score (nSPS) is 44.5. The van der Waals surface area contributed by atoms with Gasteiger partial charge in [-0.05, 0) is 81.6 Å². The van der Waals surface area contributed by atoms with Crippen LogP contribution in [0.4, 0.5) is 0 Å². The summed E-state index contributed by atoms with van der Waals surface area (Å²) in [5, 5.41) is 11.1. The molecule has 0 amide bonds. The third kappa shape index (κ3) is 4.01. The van der Waals surface area contributed by atoms with E-state index < -0.39 is 5.60 Å². The summed E-state index contributed by atoms with van der Waals surface area (Å²) in [5.74, 6) is 0.599. The van der Waals surface area contributed by atoms with Crippen molar-refractivity contribution in [2.45, 2.75) is 96.9 Å². The Labute approximate surface area is 158 Å². The lowest BCUT2D eigenvalue weighted by atomic mass is 9.54. The summed E-state index contributed by atoms with van der Waals surface area (Å²) >= 11 is 0. The molecule has 3 aliphatic rings. The Morgan fingerprint density at radius 2 is 1.96 bits per heavy atom. The zero-order chi connectivity index (χ0) is 19.2. The van der Waals surface area contributed by atoms with E-state index in [1.165, 1.54) is 12.5 Å². The predicted molar refractivity (Wildman–Crippen MR) is 102 cm³/mol. The van der Waals surface area contributed by atoms with Crippen molar-refractivity contribution in [3.8, 4) is 0 Å². The number of hydrogen-bond donors (Lipinski definition) is 1. The number of aliphatic hydroxyl groups is 1. The van der Waals surface area contributed by atoms with Crippen molar-refractivity contribution in [2.24, 2.45) is 17.3 Å². The molecule has 148 valence electrons. The second kappa shape index (κ2) is 6.94. The first kappa shape index (κ1) is 19.9. The van der Waals surface area contributed by atoms with Crippen LogP contribution in [0.3, 0.4) is 0 Å². The first-order valence-electron chi connectivity index (χ1n) is 10.3. The van der Waals surface area contributed by atoms with E-state index in [2.05, 4.69) is 26.8 Å². The average Bonchev–Trinajstić information content (AvgIpc) is 3.16. The predicted octanol–water partition coefficient (Wildman–Crippen LogP) is 4.40. The lowest BCUT2D eigenvalue weighted by Crippen LogP contribution is -2.51. The number of ether oxygens (including phenoxy) is 2. The average molecular weight is 365 g/mol. The summed E-state index contributed by atoms with van der Waals surface area (Å²) in [6.45, 7) is 10.8. The molecule has 0 aromatic heterocycles. The van der Waals surface area contributed by atoms with Crippen LogP contribution in [0.5, 0.6) is 0 Å². The number of epoxide rings is 1. The zero-order valence-corrected chi connectivity index (χ0v) is 17.1. The fraction of sp³-hybridized carbons (Fsp3) is 0.864. The summed E-state index contributed by atoms with van der Waals surface area (Å²) in [6.07, 6.45) is 9.44. The van der Waals surface area contributed by atoms with Gasteiger partial charge in [-0.1, -0.05) is 19.9 Å². The first-order valence-corrected chi connectivity index (χ1v) is 10.3. The maximum absolute atomic E-state index is 11.2. The van der Waals surface area contributed by atoms with E-state index in [1.807, 2.05) is 6.92 Å². The summed E-state index contributed by atoms with van der Waals surface area (Å²) in [7, 11) is 0. The second-order valence-electron chi connectivity index (χ2n) is 9.84. The minimum Gasteiger partial charge on any atom is -0.461 e. The van der Waals surface area contributed by atoms with Crippen molar-refractivity contribution < 1.29 is 19.4 Å². The lowest BCUT2D eigenvalue weighted by molar-refractivity contribution is -0.140. The highest BCUT2D eigenvalue weighted by Crippen LogP contribution is 2.55. The van der Waals surface area contributed by atoms with Crippen molar-refractivity contribution in [1.82, 2.24) is 0 Å². The van der Waals surface area contributed by atoms with Gasteiger partial charge in [0.05, 0.1) is 17.3 Å². The highest BCUT2D eigenvalue weighted by atomic mass is 16.6. The third-order valence-corrected chi connectivity index (χ3v) is 7.54. The van der Waals surface area contributed by atoms with E-state index in [4.69, 9.17) is 9.47 Å². The van der Waals surface area contributed by atoms with E-state index in [9.17, 15) is 9.90 Å². The van der Waals surface area contributed by atoms with Crippen molar-refractivity contribution in [3.05, 3.63) is 11.6 Å². The van der Waals surface area contributed by atoms with Gasteiger partial charge in [0, 0.05) is 6.92 Å². The Morgan fingerprint density at radius 3 is 2.65 bits per heavy atom. The second-order valence-corrected chi connectivity index (χ2v) is 9.84. The number of esters is 1. The Bertz CT molecular complexity index is 577. The molecular weight excluding hydrogens is 328 g/mol. The highest BCUT2D eigenvalue weighted by Gasteiger charge is 2.55. The van der Waals surface area contributed by atoms with Crippen LogP contribution in [0.15, 0.2) is 11.6 Å². The van der Waals surface area contributed by atoms with Gasteiger partial charge >= 0.3 is 5.97 Å². The first-order chi connectivity index (χ1) is 12.0. The molecule has 1 heterocycles. The number of carbonyl (C=O) groups excluding carboxylic acids is 1. The smallest absolute Gasteiger partial charge is 0.302 e. The molecule has 2 fully saturated rings. The Morgan fingerprint density at radius 1 is 1.23 bits per heavy atom. The number of hydrogen-bond acceptors (Lipinski definition) is 4. The van der Waals surface area contributed by atoms with Crippen LogP contribution >= 0.6 is 0 Å². The van der Waals surface area contributed by atoms with Crippen LogP contribution in [0.2, 0.25) is 0 Å². The van der Waals surface area contributed by atoms with Gasteiger partial charge in [0.1, 0.15) is 6.61 Å². The van der Waals surface area contributed by atoms with E-state index in [0.29, 0.717) is 12.5 Å². The van der Waals surface area contributed by atoms with Crippen LogP contribution < -0.4 is 0 Å². The SMILES string of the molecule is CC(=O)OC/C1=C\C[C@@H]2CC[C@](C)(O)[C@@H](CC[C@]3(C)O[C@H]3CC1)C2(C)C. The number of allylic oxidation sites excluding steroid dienone is 1. The fourth-order valence-corrected chi connectivity index (χ4v) is 5.56. The molecule has 1 saturated heterocycles. The van der Waals surface area contributed by atoms with Gasteiger partial charge in [-0.25, -0.2) is 0 Å². The molecule has 0 unspecified atom stereocenters. The molecule has 4 nitrogen and oxygen atoms in total. The van der Waals surface area contributed by atoms with Gasteiger partial charge in [0.25, 0.3) is 0 Å². The molecular formula is C22H36O4. The molecule has 2 aliphatic carbocycles. The summed E-state index contributed by atoms with van der Waals surface area (Å²) in [4.78, 5) is 11.2. The molecule has 4 heteroatoms. The van der Waals surface area contributed by atoms with E-state index in [0.717, 1.165) is 44.9 Å². The molecule has 0 radical (unpaired) electrons. The minimum atomic E-state index is -0.602. The van der Waals surface area contributed by atoms with E-state index in [1.54, 1.807) is 0 Å². The fourth-order valence-electron chi connectivity index (χ4n) is 5.56. The molecule has 1 N–H and O–H groups in total. The number of carbonyl (C=O) groups is 1. The molecule has 5 atom stereocenters. The van der Waals surface area contributed by atoms with Crippen LogP contribution in [-0.4, -0.2) is 35.0 Å². The largest absolute Gasteiger partial charge is 0.461 e. The van der Waals surface area contributed by atoms with Crippen molar-refractivity contribution in [3.63, 3.8) is 0 Å². The van der Waals surface area contributed by atoms with Gasteiger partial charge in [0.2, 0.25) is 0 Å². The van der Waals surface area contributed by atoms with Crippen LogP contribution in [0.25, 0.3) is 0 Å². The zero-order valence-electron chi connectivity index (χ0n) is 17.1. The Hall–Kier alpha value is -0.870. The number of rotatable bonds is 2. The van der Waals surface area contributed by atoms with Crippen LogP contribution in [0, 0.1) is 17.3 Å². The molecule has 0 aromatic rings. The van der Waals surface area contributed by atoms with Crippen molar-refractivity contribution in [1.29, 1.82) is 0 Å². The van der Waals surface area contributed by atoms with Gasteiger partial charge in [-0.2, -0.15) is 0 Å². The molecule has 2 bridgehead atoms. The standard InChI is InChI=1S/C22H36O4/c1-15(23)25-14-16-6-8-17-10-12-21(4,24)18(20(17,2)3)11-13-22(5)19(26-22)9-7-16/h6,17-19,24H,7-14H2,1-5H3/b16-6-/t17-,18+,19+,21+,22+/m1/s1. The highest BCUT2D eigenvalue weighted by molar-refractivity contribution is 5.66. The molecule has 1 saturated carbocycles. The maximum atomic E-state index is 11.2. The molecule has 0 aromatic carbocycles. The maximum Gasteiger partial charge on any atom is 0.302 e. The summed E-state index contributed by atoms with van der Waals surface area (Å²) in [6, 6.07) is 0. The molecule has 1 aliphatic heterocycles. The van der Waals surface area contributed by atoms with Crippen LogP contribution in [-0.2, 0) is 14.3 Å². The molecule has 0 spiro atoms. The van der Waals surface area contributed by atoms with Gasteiger partial charge < -0.3 is 14.6 Å². The van der Waals surface area contributed by atoms with Gasteiger partial charge in [0.15, 0.2) is 0 Å². The molecule has 26 heavy (non-hydrogen) atoms. The van der Waals surface area contributed by atoms with Crippen molar-refractivity contribution >= 4 is 5.97 Å². The van der Waals surface area contributed by atoms with E-state index in [-0.39, 0.29) is 29.0 Å². The number of fused-ring (bicyclic) bond motifs is 3. The Balaban J connectivity index is 1.84. The Kier molecular flexibility index (Phi) is 5.31. The lowest BCUT2D eigenvalue weighted by Gasteiger charge is -2.53. The third-order valence-electron chi connectivity index (χ3n) is 7.54. The quantitative estimate of drug-likeness (QED) is 0.448. The molecule has 3 rings (SSSR count). The van der Waals surface area contributed by atoms with Gasteiger partial charge in [-0.3, -0.25) is 4.79 Å². The monoisotopic (exact) mass is 364 g/mol.